The summed E-state index contributed by atoms with van der Waals surface area (Å²) in [6.45, 7) is 4.72. The highest BCUT2D eigenvalue weighted by Crippen LogP contribution is 2.26. The van der Waals surface area contributed by atoms with Gasteiger partial charge < -0.3 is 14.6 Å². The van der Waals surface area contributed by atoms with Crippen molar-refractivity contribution in [2.24, 2.45) is 0 Å². The van der Waals surface area contributed by atoms with Gasteiger partial charge in [-0.15, -0.1) is 21.5 Å². The Balaban J connectivity index is 1.32. The smallest absolute Gasteiger partial charge is 0.236 e. The Morgan fingerprint density at radius 1 is 1.24 bits per heavy atom. The number of aromatic nitrogens is 4. The highest BCUT2D eigenvalue weighted by atomic mass is 35.5. The molecular formula is C23H21ClFN5O2S2. The minimum Gasteiger partial charge on any atom is -0.486 e. The second-order valence-electron chi connectivity index (χ2n) is 7.25. The molecule has 11 heteroatoms. The largest absolute Gasteiger partial charge is 0.486 e. The van der Waals surface area contributed by atoms with E-state index in [2.05, 4.69) is 20.5 Å². The summed E-state index contributed by atoms with van der Waals surface area (Å²) in [7, 11) is 0. The van der Waals surface area contributed by atoms with Crippen molar-refractivity contribution in [1.29, 1.82) is 0 Å². The van der Waals surface area contributed by atoms with Gasteiger partial charge in [0.2, 0.25) is 5.91 Å². The Morgan fingerprint density at radius 2 is 2.03 bits per heavy atom. The zero-order valence-corrected chi connectivity index (χ0v) is 20.8. The normalized spacial score (nSPS) is 10.9. The van der Waals surface area contributed by atoms with Gasteiger partial charge in [-0.05, 0) is 26.0 Å². The van der Waals surface area contributed by atoms with Crippen molar-refractivity contribution in [2.45, 2.75) is 32.2 Å². The van der Waals surface area contributed by atoms with Crippen LogP contribution in [0.15, 0.2) is 53.0 Å². The van der Waals surface area contributed by atoms with Crippen LogP contribution in [0.5, 0.6) is 5.75 Å². The number of ether oxygens (including phenoxy) is 1. The number of thiazole rings is 1. The quantitative estimate of drug-likeness (QED) is 0.281. The molecule has 1 N–H and O–H groups in total. The van der Waals surface area contributed by atoms with Crippen LogP contribution in [0.25, 0.3) is 11.3 Å². The van der Waals surface area contributed by atoms with Crippen LogP contribution in [0.2, 0.25) is 5.02 Å². The fraction of sp³-hybridized carbons (Fsp3) is 0.217. The zero-order chi connectivity index (χ0) is 24.1. The summed E-state index contributed by atoms with van der Waals surface area (Å²) < 4.78 is 20.8. The van der Waals surface area contributed by atoms with E-state index in [1.54, 1.807) is 0 Å². The molecule has 2 heterocycles. The number of halogens is 2. The van der Waals surface area contributed by atoms with Gasteiger partial charge >= 0.3 is 0 Å². The van der Waals surface area contributed by atoms with Crippen molar-refractivity contribution < 1.29 is 13.9 Å². The number of carbonyl (C=O) groups excluding carboxylic acids is 1. The summed E-state index contributed by atoms with van der Waals surface area (Å²) in [5, 5.41) is 14.2. The lowest BCUT2D eigenvalue weighted by molar-refractivity contribution is -0.113. The van der Waals surface area contributed by atoms with Gasteiger partial charge in [-0.3, -0.25) is 4.79 Å². The second kappa shape index (κ2) is 11.0. The predicted octanol–water partition coefficient (Wildman–Crippen LogP) is 5.83. The van der Waals surface area contributed by atoms with Crippen molar-refractivity contribution in [3.05, 3.63) is 70.1 Å². The van der Waals surface area contributed by atoms with E-state index in [1.807, 2.05) is 48.1 Å². The maximum Gasteiger partial charge on any atom is 0.236 e. The molecule has 0 spiro atoms. The number of nitrogens with zero attached hydrogens (tertiary/aromatic N) is 4. The molecule has 0 atom stereocenters. The molecule has 1 amide bonds. The first kappa shape index (κ1) is 24.2. The molecule has 0 unspecified atom stereocenters. The van der Waals surface area contributed by atoms with Gasteiger partial charge in [0.05, 0.1) is 16.5 Å². The summed E-state index contributed by atoms with van der Waals surface area (Å²) in [5.74, 6) is 0.491. The van der Waals surface area contributed by atoms with Gasteiger partial charge in [0, 0.05) is 23.6 Å². The molecule has 0 aliphatic carbocycles. The molecule has 4 aromatic rings. The van der Waals surface area contributed by atoms with E-state index >= 15 is 0 Å². The number of rotatable bonds is 9. The lowest BCUT2D eigenvalue weighted by Gasteiger charge is -2.09. The van der Waals surface area contributed by atoms with Gasteiger partial charge in [-0.2, -0.15) is 0 Å². The van der Waals surface area contributed by atoms with Crippen LogP contribution < -0.4 is 10.1 Å². The third-order valence-electron chi connectivity index (χ3n) is 4.80. The Bertz CT molecular complexity index is 1290. The fourth-order valence-electron chi connectivity index (χ4n) is 3.04. The average molecular weight is 518 g/mol. The summed E-state index contributed by atoms with van der Waals surface area (Å²) in [6, 6.07) is 12.2. The number of benzene rings is 2. The molecule has 0 radical (unpaired) electrons. The van der Waals surface area contributed by atoms with Gasteiger partial charge in [-0.1, -0.05) is 53.2 Å². The third kappa shape index (κ3) is 5.94. The molecule has 4 rings (SSSR count). The van der Waals surface area contributed by atoms with Crippen LogP contribution >= 0.6 is 34.7 Å². The molecule has 7 nitrogen and oxygen atoms in total. The van der Waals surface area contributed by atoms with Crippen LogP contribution in [-0.2, 0) is 17.9 Å². The Morgan fingerprint density at radius 3 is 2.76 bits per heavy atom. The zero-order valence-electron chi connectivity index (χ0n) is 18.4. The minimum absolute atomic E-state index is 0.0112. The number of amides is 1. The SMILES string of the molecule is CCn1c(COc2ccc(F)c(Cl)c2)nnc1SCC(=O)Nc1nc(-c2ccc(C)cc2)cs1. The molecule has 34 heavy (non-hydrogen) atoms. The fourth-order valence-corrected chi connectivity index (χ4v) is 4.77. The lowest BCUT2D eigenvalue weighted by atomic mass is 10.1. The number of nitrogens with one attached hydrogen (secondary N) is 1. The molecule has 0 bridgehead atoms. The van der Waals surface area contributed by atoms with E-state index in [0.717, 1.165) is 11.3 Å². The number of anilines is 1. The van der Waals surface area contributed by atoms with Crippen molar-refractivity contribution in [3.63, 3.8) is 0 Å². The first-order valence-electron chi connectivity index (χ1n) is 10.4. The number of hydrogen-bond donors (Lipinski definition) is 1. The van der Waals surface area contributed by atoms with Crippen LogP contribution in [0.4, 0.5) is 9.52 Å². The average Bonchev–Trinajstić information content (AvgIpc) is 3.45. The summed E-state index contributed by atoms with van der Waals surface area (Å²) in [6.07, 6.45) is 0. The van der Waals surface area contributed by atoms with Crippen LogP contribution in [0.3, 0.4) is 0 Å². The molecule has 176 valence electrons. The van der Waals surface area contributed by atoms with Crippen molar-refractivity contribution >= 4 is 45.7 Å². The minimum atomic E-state index is -0.508. The van der Waals surface area contributed by atoms with E-state index in [4.69, 9.17) is 16.3 Å². The number of hydrogen-bond acceptors (Lipinski definition) is 7. The first-order valence-corrected chi connectivity index (χ1v) is 12.6. The molecule has 0 fully saturated rings. The molecule has 0 saturated heterocycles. The van der Waals surface area contributed by atoms with Crippen LogP contribution in [-0.4, -0.2) is 31.4 Å². The second-order valence-corrected chi connectivity index (χ2v) is 9.46. The summed E-state index contributed by atoms with van der Waals surface area (Å²) >= 11 is 8.45. The molecule has 2 aromatic heterocycles. The van der Waals surface area contributed by atoms with Crippen molar-refractivity contribution in [1.82, 2.24) is 19.7 Å². The highest BCUT2D eigenvalue weighted by molar-refractivity contribution is 7.99. The topological polar surface area (TPSA) is 81.9 Å². The summed E-state index contributed by atoms with van der Waals surface area (Å²) in [4.78, 5) is 17.0. The molecule has 0 saturated carbocycles. The third-order valence-corrected chi connectivity index (χ3v) is 6.81. The molecule has 0 aliphatic rings. The molecular weight excluding hydrogens is 497 g/mol. The van der Waals surface area contributed by atoms with Crippen molar-refractivity contribution in [2.75, 3.05) is 11.1 Å². The Hall–Kier alpha value is -2.95. The Kier molecular flexibility index (Phi) is 7.81. The van der Waals surface area contributed by atoms with Crippen LogP contribution in [0, 0.1) is 12.7 Å². The van der Waals surface area contributed by atoms with E-state index < -0.39 is 5.82 Å². The van der Waals surface area contributed by atoms with E-state index in [-0.39, 0.29) is 23.3 Å². The van der Waals surface area contributed by atoms with Crippen molar-refractivity contribution in [3.8, 4) is 17.0 Å². The van der Waals surface area contributed by atoms with Gasteiger partial charge in [0.1, 0.15) is 18.2 Å². The Labute approximate surface area is 209 Å². The molecule has 2 aromatic carbocycles. The maximum absolute atomic E-state index is 13.3. The number of carbonyl (C=O) groups is 1. The summed E-state index contributed by atoms with van der Waals surface area (Å²) in [5.41, 5.74) is 3.01. The van der Waals surface area contributed by atoms with E-state index in [1.165, 1.54) is 46.9 Å². The van der Waals surface area contributed by atoms with Gasteiger partial charge in [0.15, 0.2) is 16.1 Å². The van der Waals surface area contributed by atoms with E-state index in [0.29, 0.717) is 28.4 Å². The maximum atomic E-state index is 13.3. The number of thioether (sulfide) groups is 1. The van der Waals surface area contributed by atoms with E-state index in [9.17, 15) is 9.18 Å². The van der Waals surface area contributed by atoms with Gasteiger partial charge in [0.25, 0.3) is 0 Å². The first-order chi connectivity index (χ1) is 16.4. The molecule has 0 aliphatic heterocycles. The number of aryl methyl sites for hydroxylation is 1. The van der Waals surface area contributed by atoms with Gasteiger partial charge in [-0.25, -0.2) is 9.37 Å². The predicted molar refractivity (Wildman–Crippen MR) is 133 cm³/mol. The monoisotopic (exact) mass is 517 g/mol. The standard InChI is InChI=1S/C23H21ClFN5O2S2/c1-3-30-20(11-32-16-8-9-18(25)17(24)10-16)28-29-23(30)34-13-21(31)27-22-26-19(12-33-22)15-6-4-14(2)5-7-15/h4-10,12H,3,11,13H2,1-2H3,(H,26,27,31). The lowest BCUT2D eigenvalue weighted by Crippen LogP contribution is -2.14. The van der Waals surface area contributed by atoms with Crippen LogP contribution in [0.1, 0.15) is 18.3 Å². The highest BCUT2D eigenvalue weighted by Gasteiger charge is 2.15.